The van der Waals surface area contributed by atoms with Crippen LogP contribution >= 0.6 is 0 Å². The van der Waals surface area contributed by atoms with E-state index in [1.807, 2.05) is 0 Å². The molecule has 0 radical (unpaired) electrons. The lowest BCUT2D eigenvalue weighted by atomic mass is 9.82. The van der Waals surface area contributed by atoms with Crippen LogP contribution < -0.4 is 4.72 Å². The van der Waals surface area contributed by atoms with Crippen LogP contribution in [0, 0.1) is 5.92 Å². The number of hydrogen-bond donors (Lipinski definition) is 1. The maximum absolute atomic E-state index is 11.3. The second-order valence-corrected chi connectivity index (χ2v) is 5.48. The van der Waals surface area contributed by atoms with Crippen molar-refractivity contribution in [3.63, 3.8) is 0 Å². The molecule has 0 aromatic carbocycles. The van der Waals surface area contributed by atoms with Crippen molar-refractivity contribution >= 4 is 10.2 Å². The Hall–Kier alpha value is -0.130. The van der Waals surface area contributed by atoms with E-state index in [0.717, 1.165) is 12.8 Å². The van der Waals surface area contributed by atoms with Crippen molar-refractivity contribution in [1.82, 2.24) is 9.03 Å². The summed E-state index contributed by atoms with van der Waals surface area (Å²) in [5, 5.41) is 0. The molecule has 2 atom stereocenters. The minimum atomic E-state index is -3.21. The summed E-state index contributed by atoms with van der Waals surface area (Å²) in [6.45, 7) is 2.06. The van der Waals surface area contributed by atoms with Crippen LogP contribution in [-0.4, -0.2) is 32.9 Å². The second-order valence-electron chi connectivity index (χ2n) is 3.57. The molecule has 2 unspecified atom stereocenters. The van der Waals surface area contributed by atoms with Gasteiger partial charge in [-0.05, 0) is 18.8 Å². The molecule has 12 heavy (non-hydrogen) atoms. The van der Waals surface area contributed by atoms with Gasteiger partial charge in [-0.1, -0.05) is 6.92 Å². The minimum Gasteiger partial charge on any atom is -0.199 e. The molecule has 0 heterocycles. The first-order chi connectivity index (χ1) is 5.43. The van der Waals surface area contributed by atoms with Gasteiger partial charge >= 0.3 is 0 Å². The Kier molecular flexibility index (Phi) is 2.75. The molecule has 4 nitrogen and oxygen atoms in total. The van der Waals surface area contributed by atoms with E-state index in [1.165, 1.54) is 18.4 Å². The number of nitrogens with one attached hydrogen (secondary N) is 1. The highest BCUT2D eigenvalue weighted by Crippen LogP contribution is 2.26. The lowest BCUT2D eigenvalue weighted by molar-refractivity contribution is 0.257. The Morgan fingerprint density at radius 2 is 1.92 bits per heavy atom. The first-order valence-corrected chi connectivity index (χ1v) is 5.57. The molecule has 0 aliphatic heterocycles. The Labute approximate surface area is 74.1 Å². The zero-order valence-corrected chi connectivity index (χ0v) is 8.56. The smallest absolute Gasteiger partial charge is 0.199 e. The van der Waals surface area contributed by atoms with E-state index in [0.29, 0.717) is 5.92 Å². The molecule has 72 valence electrons. The predicted molar refractivity (Wildman–Crippen MR) is 47.9 cm³/mol. The Morgan fingerprint density at radius 3 is 2.17 bits per heavy atom. The molecule has 0 saturated heterocycles. The van der Waals surface area contributed by atoms with Gasteiger partial charge in [-0.25, -0.2) is 0 Å². The zero-order chi connectivity index (χ0) is 9.35. The van der Waals surface area contributed by atoms with Crippen LogP contribution in [0.2, 0.25) is 0 Å². The fourth-order valence-electron chi connectivity index (χ4n) is 1.14. The van der Waals surface area contributed by atoms with Crippen molar-refractivity contribution in [2.75, 3.05) is 14.1 Å². The number of hydrogen-bond acceptors (Lipinski definition) is 2. The third-order valence-corrected chi connectivity index (χ3v) is 3.96. The van der Waals surface area contributed by atoms with Gasteiger partial charge in [0.15, 0.2) is 0 Å². The van der Waals surface area contributed by atoms with Crippen LogP contribution in [0.3, 0.4) is 0 Å². The monoisotopic (exact) mass is 192 g/mol. The van der Waals surface area contributed by atoms with Crippen LogP contribution in [0.4, 0.5) is 0 Å². The maximum Gasteiger partial charge on any atom is 0.279 e. The van der Waals surface area contributed by atoms with Crippen LogP contribution in [0.15, 0.2) is 0 Å². The molecule has 1 aliphatic carbocycles. The quantitative estimate of drug-likeness (QED) is 0.693. The molecule has 1 N–H and O–H groups in total. The standard InChI is InChI=1S/C7H16N2O2S/c1-6-4-5-7(6)8-12(10,11)9(2)3/h6-8H,4-5H2,1-3H3. The number of rotatable bonds is 3. The maximum atomic E-state index is 11.3. The lowest BCUT2D eigenvalue weighted by Gasteiger charge is -2.34. The summed E-state index contributed by atoms with van der Waals surface area (Å²) in [4.78, 5) is 0. The summed E-state index contributed by atoms with van der Waals surface area (Å²) >= 11 is 0. The molecule has 0 aromatic rings. The van der Waals surface area contributed by atoms with Crippen LogP contribution in [0.5, 0.6) is 0 Å². The molecule has 0 amide bonds. The average Bonchev–Trinajstić information content (AvgIpc) is 1.97. The molecule has 5 heteroatoms. The fraction of sp³-hybridized carbons (Fsp3) is 1.00. The van der Waals surface area contributed by atoms with Gasteiger partial charge in [0.1, 0.15) is 0 Å². The summed E-state index contributed by atoms with van der Waals surface area (Å²) in [7, 11) is -0.141. The van der Waals surface area contributed by atoms with Crippen molar-refractivity contribution in [2.45, 2.75) is 25.8 Å². The summed E-state index contributed by atoms with van der Waals surface area (Å²) in [5.74, 6) is 0.486. The SMILES string of the molecule is CC1CCC1NS(=O)(=O)N(C)C. The van der Waals surface area contributed by atoms with Gasteiger partial charge in [0.25, 0.3) is 10.2 Å². The van der Waals surface area contributed by atoms with Crippen molar-refractivity contribution in [2.24, 2.45) is 5.92 Å². The molecule has 0 spiro atoms. The van der Waals surface area contributed by atoms with E-state index in [-0.39, 0.29) is 6.04 Å². The molecule has 1 saturated carbocycles. The van der Waals surface area contributed by atoms with Gasteiger partial charge in [-0.15, -0.1) is 0 Å². The molecule has 1 rings (SSSR count). The first-order valence-electron chi connectivity index (χ1n) is 4.13. The summed E-state index contributed by atoms with van der Waals surface area (Å²) in [6.07, 6.45) is 2.09. The summed E-state index contributed by atoms with van der Waals surface area (Å²) in [6, 6.07) is 0.150. The van der Waals surface area contributed by atoms with Crippen LogP contribution in [0.25, 0.3) is 0 Å². The average molecular weight is 192 g/mol. The van der Waals surface area contributed by atoms with E-state index < -0.39 is 10.2 Å². The fourth-order valence-corrected chi connectivity index (χ4v) is 2.08. The normalized spacial score (nSPS) is 30.3. The molecule has 0 aromatic heterocycles. The van der Waals surface area contributed by atoms with Gasteiger partial charge in [0.2, 0.25) is 0 Å². The van der Waals surface area contributed by atoms with Crippen LogP contribution in [-0.2, 0) is 10.2 Å². The largest absolute Gasteiger partial charge is 0.279 e. The topological polar surface area (TPSA) is 49.4 Å². The second kappa shape index (κ2) is 3.32. The molecule has 0 bridgehead atoms. The Bertz CT molecular complexity index is 248. The highest BCUT2D eigenvalue weighted by Gasteiger charge is 2.30. The highest BCUT2D eigenvalue weighted by molar-refractivity contribution is 7.87. The molecule has 1 fully saturated rings. The van der Waals surface area contributed by atoms with Gasteiger partial charge in [-0.3, -0.25) is 0 Å². The van der Waals surface area contributed by atoms with Crippen molar-refractivity contribution in [1.29, 1.82) is 0 Å². The Morgan fingerprint density at radius 1 is 1.33 bits per heavy atom. The number of nitrogens with zero attached hydrogens (tertiary/aromatic N) is 1. The van der Waals surface area contributed by atoms with Gasteiger partial charge in [0.05, 0.1) is 0 Å². The first kappa shape index (κ1) is 9.95. The highest BCUT2D eigenvalue weighted by atomic mass is 32.2. The predicted octanol–water partition coefficient (Wildman–Crippen LogP) is 0.181. The van der Waals surface area contributed by atoms with E-state index in [2.05, 4.69) is 11.6 Å². The minimum absolute atomic E-state index is 0.150. The third kappa shape index (κ3) is 1.97. The van der Waals surface area contributed by atoms with Crippen molar-refractivity contribution in [3.8, 4) is 0 Å². The zero-order valence-electron chi connectivity index (χ0n) is 7.74. The molecular formula is C7H16N2O2S. The van der Waals surface area contributed by atoms with Gasteiger partial charge in [0, 0.05) is 20.1 Å². The van der Waals surface area contributed by atoms with E-state index in [9.17, 15) is 8.42 Å². The van der Waals surface area contributed by atoms with E-state index in [1.54, 1.807) is 0 Å². The summed E-state index contributed by atoms with van der Waals surface area (Å²) < 4.78 is 26.4. The van der Waals surface area contributed by atoms with E-state index in [4.69, 9.17) is 0 Å². The van der Waals surface area contributed by atoms with Crippen molar-refractivity contribution < 1.29 is 8.42 Å². The molecule has 1 aliphatic rings. The lowest BCUT2D eigenvalue weighted by Crippen LogP contribution is -2.49. The van der Waals surface area contributed by atoms with Gasteiger partial charge < -0.3 is 0 Å². The van der Waals surface area contributed by atoms with Crippen LogP contribution in [0.1, 0.15) is 19.8 Å². The van der Waals surface area contributed by atoms with E-state index >= 15 is 0 Å². The third-order valence-electron chi connectivity index (χ3n) is 2.40. The Balaban J connectivity index is 2.51. The van der Waals surface area contributed by atoms with Gasteiger partial charge in [-0.2, -0.15) is 17.4 Å². The summed E-state index contributed by atoms with van der Waals surface area (Å²) in [5.41, 5.74) is 0. The molecular weight excluding hydrogens is 176 g/mol. The van der Waals surface area contributed by atoms with Crippen molar-refractivity contribution in [3.05, 3.63) is 0 Å².